The van der Waals surface area contributed by atoms with Crippen molar-refractivity contribution in [2.75, 3.05) is 13.1 Å². The van der Waals surface area contributed by atoms with Gasteiger partial charge in [-0.2, -0.15) is 0 Å². The molecule has 1 amide bonds. The zero-order valence-corrected chi connectivity index (χ0v) is 9.52. The Morgan fingerprint density at radius 1 is 1.18 bits per heavy atom. The smallest absolute Gasteiger partial charge is 0.339 e. The Labute approximate surface area is 99.0 Å². The van der Waals surface area contributed by atoms with E-state index < -0.39 is 5.97 Å². The maximum absolute atomic E-state index is 12.1. The summed E-state index contributed by atoms with van der Waals surface area (Å²) >= 11 is 0. The van der Waals surface area contributed by atoms with Crippen molar-refractivity contribution >= 4 is 11.9 Å². The molecule has 17 heavy (non-hydrogen) atoms. The molecule has 5 nitrogen and oxygen atoms in total. The third kappa shape index (κ3) is 2.49. The molecule has 5 heteroatoms. The number of aromatic carboxylic acids is 1. The van der Waals surface area contributed by atoms with Gasteiger partial charge in [0.25, 0.3) is 5.91 Å². The average Bonchev–Trinajstić information content (AvgIpc) is 2.64. The van der Waals surface area contributed by atoms with Crippen LogP contribution >= 0.6 is 0 Å². The molecule has 2 rings (SSSR count). The number of carbonyl (C=O) groups is 2. The number of nitrogens with zero attached hydrogens (tertiary/aromatic N) is 1. The summed E-state index contributed by atoms with van der Waals surface area (Å²) in [5, 5.41) is 8.93. The molecule has 0 unspecified atom stereocenters. The number of carboxylic acids is 1. The Hall–Kier alpha value is -1.78. The standard InChI is InChI=1S/C12H15NO4/c14-11(13-6-3-1-2-4-7-13)10-9(12(15)16)5-8-17-10/h5,8H,1-4,6-7H2,(H,15,16). The molecule has 0 atom stereocenters. The number of carbonyl (C=O) groups excluding carboxylic acids is 1. The Kier molecular flexibility index (Phi) is 3.46. The summed E-state index contributed by atoms with van der Waals surface area (Å²) in [5.41, 5.74) is -0.0563. The van der Waals surface area contributed by atoms with Gasteiger partial charge in [0, 0.05) is 13.1 Å². The van der Waals surface area contributed by atoms with Crippen molar-refractivity contribution in [1.29, 1.82) is 0 Å². The van der Waals surface area contributed by atoms with Crippen molar-refractivity contribution < 1.29 is 19.1 Å². The van der Waals surface area contributed by atoms with Crippen LogP contribution < -0.4 is 0 Å². The fourth-order valence-corrected chi connectivity index (χ4v) is 2.06. The predicted molar refractivity (Wildman–Crippen MR) is 60.0 cm³/mol. The topological polar surface area (TPSA) is 70.7 Å². The van der Waals surface area contributed by atoms with E-state index in [0.29, 0.717) is 13.1 Å². The van der Waals surface area contributed by atoms with Gasteiger partial charge in [-0.1, -0.05) is 12.8 Å². The molecular weight excluding hydrogens is 222 g/mol. The number of likely N-dealkylation sites (tertiary alicyclic amines) is 1. The lowest BCUT2D eigenvalue weighted by molar-refractivity contribution is 0.0662. The van der Waals surface area contributed by atoms with Gasteiger partial charge in [0.2, 0.25) is 5.76 Å². The summed E-state index contributed by atoms with van der Waals surface area (Å²) in [6.45, 7) is 1.36. The molecule has 0 aliphatic carbocycles. The first kappa shape index (κ1) is 11.7. The molecule has 1 fully saturated rings. The maximum atomic E-state index is 12.1. The van der Waals surface area contributed by atoms with Crippen molar-refractivity contribution in [2.45, 2.75) is 25.7 Å². The van der Waals surface area contributed by atoms with Crippen LogP contribution in [0.15, 0.2) is 16.7 Å². The van der Waals surface area contributed by atoms with E-state index in [0.717, 1.165) is 25.7 Å². The van der Waals surface area contributed by atoms with Gasteiger partial charge in [0.15, 0.2) is 0 Å². The van der Waals surface area contributed by atoms with Crippen LogP contribution in [0.1, 0.15) is 46.6 Å². The van der Waals surface area contributed by atoms with E-state index >= 15 is 0 Å². The molecule has 92 valence electrons. The lowest BCUT2D eigenvalue weighted by atomic mass is 10.2. The van der Waals surface area contributed by atoms with Crippen LogP contribution in [-0.4, -0.2) is 35.0 Å². The van der Waals surface area contributed by atoms with E-state index in [1.54, 1.807) is 4.90 Å². The Morgan fingerprint density at radius 3 is 2.41 bits per heavy atom. The van der Waals surface area contributed by atoms with Crippen molar-refractivity contribution in [3.05, 3.63) is 23.7 Å². The number of amides is 1. The highest BCUT2D eigenvalue weighted by Crippen LogP contribution is 2.17. The predicted octanol–water partition coefficient (Wildman–Crippen LogP) is 1.99. The highest BCUT2D eigenvalue weighted by Gasteiger charge is 2.25. The van der Waals surface area contributed by atoms with E-state index in [1.165, 1.54) is 12.3 Å². The molecule has 1 aliphatic heterocycles. The lowest BCUT2D eigenvalue weighted by Crippen LogP contribution is -2.32. The van der Waals surface area contributed by atoms with Gasteiger partial charge >= 0.3 is 5.97 Å². The molecular formula is C12H15NO4. The third-order valence-electron chi connectivity index (χ3n) is 2.98. The highest BCUT2D eigenvalue weighted by atomic mass is 16.4. The van der Waals surface area contributed by atoms with Crippen molar-refractivity contribution in [2.24, 2.45) is 0 Å². The van der Waals surface area contributed by atoms with Crippen LogP contribution in [0.3, 0.4) is 0 Å². The fourth-order valence-electron chi connectivity index (χ4n) is 2.06. The van der Waals surface area contributed by atoms with Crippen LogP contribution in [0.4, 0.5) is 0 Å². The van der Waals surface area contributed by atoms with E-state index in [4.69, 9.17) is 9.52 Å². The maximum Gasteiger partial charge on any atom is 0.339 e. The Morgan fingerprint density at radius 2 is 1.82 bits per heavy atom. The largest absolute Gasteiger partial charge is 0.478 e. The average molecular weight is 237 g/mol. The SMILES string of the molecule is O=C(O)c1ccoc1C(=O)N1CCCCCC1. The molecule has 0 aromatic carbocycles. The number of furan rings is 1. The minimum absolute atomic E-state index is 0.0561. The second-order valence-corrected chi connectivity index (χ2v) is 4.17. The molecule has 0 radical (unpaired) electrons. The molecule has 1 saturated heterocycles. The first-order chi connectivity index (χ1) is 8.20. The van der Waals surface area contributed by atoms with Crippen LogP contribution in [0.25, 0.3) is 0 Å². The van der Waals surface area contributed by atoms with Crippen molar-refractivity contribution in [1.82, 2.24) is 4.90 Å². The van der Waals surface area contributed by atoms with Crippen LogP contribution in [-0.2, 0) is 0 Å². The summed E-state index contributed by atoms with van der Waals surface area (Å²) in [5.74, 6) is -1.49. The minimum atomic E-state index is -1.13. The van der Waals surface area contributed by atoms with Gasteiger partial charge in [-0.25, -0.2) is 4.79 Å². The lowest BCUT2D eigenvalue weighted by Gasteiger charge is -2.18. The van der Waals surface area contributed by atoms with E-state index in [9.17, 15) is 9.59 Å². The Bertz CT molecular complexity index is 416. The van der Waals surface area contributed by atoms with Crippen LogP contribution in [0, 0.1) is 0 Å². The first-order valence-electron chi connectivity index (χ1n) is 5.80. The van der Waals surface area contributed by atoms with Gasteiger partial charge in [-0.05, 0) is 18.9 Å². The molecule has 0 spiro atoms. The van der Waals surface area contributed by atoms with Gasteiger partial charge in [-0.15, -0.1) is 0 Å². The molecule has 0 bridgehead atoms. The summed E-state index contributed by atoms with van der Waals surface area (Å²) < 4.78 is 5.01. The van der Waals surface area contributed by atoms with Crippen LogP contribution in [0.5, 0.6) is 0 Å². The molecule has 2 heterocycles. The quantitative estimate of drug-likeness (QED) is 0.853. The summed E-state index contributed by atoms with van der Waals surface area (Å²) in [6, 6.07) is 1.31. The zero-order chi connectivity index (χ0) is 12.3. The molecule has 1 aliphatic rings. The molecule has 0 saturated carbocycles. The number of carboxylic acid groups (broad SMARTS) is 1. The van der Waals surface area contributed by atoms with E-state index in [-0.39, 0.29) is 17.2 Å². The second kappa shape index (κ2) is 5.03. The van der Waals surface area contributed by atoms with Gasteiger partial charge < -0.3 is 14.4 Å². The molecule has 1 aromatic rings. The molecule has 1 aromatic heterocycles. The van der Waals surface area contributed by atoms with Gasteiger partial charge in [0.1, 0.15) is 5.56 Å². The van der Waals surface area contributed by atoms with E-state index in [2.05, 4.69) is 0 Å². The zero-order valence-electron chi connectivity index (χ0n) is 9.52. The van der Waals surface area contributed by atoms with E-state index in [1.807, 2.05) is 0 Å². The first-order valence-corrected chi connectivity index (χ1v) is 5.80. The van der Waals surface area contributed by atoms with Gasteiger partial charge in [0.05, 0.1) is 6.26 Å². The monoisotopic (exact) mass is 237 g/mol. The van der Waals surface area contributed by atoms with Crippen molar-refractivity contribution in [3.63, 3.8) is 0 Å². The van der Waals surface area contributed by atoms with Crippen molar-refractivity contribution in [3.8, 4) is 0 Å². The summed E-state index contributed by atoms with van der Waals surface area (Å²) in [4.78, 5) is 24.7. The summed E-state index contributed by atoms with van der Waals surface area (Å²) in [6.07, 6.45) is 5.42. The number of hydrogen-bond acceptors (Lipinski definition) is 3. The normalized spacial score (nSPS) is 16.6. The molecule has 1 N–H and O–H groups in total. The van der Waals surface area contributed by atoms with Crippen LogP contribution in [0.2, 0.25) is 0 Å². The third-order valence-corrected chi connectivity index (χ3v) is 2.98. The summed E-state index contributed by atoms with van der Waals surface area (Å²) in [7, 11) is 0. The second-order valence-electron chi connectivity index (χ2n) is 4.17. The number of rotatable bonds is 2. The minimum Gasteiger partial charge on any atom is -0.478 e. The highest BCUT2D eigenvalue weighted by molar-refractivity contribution is 6.02. The fraction of sp³-hybridized carbons (Fsp3) is 0.500. The van der Waals surface area contributed by atoms with Gasteiger partial charge in [-0.3, -0.25) is 4.79 Å². The number of hydrogen-bond donors (Lipinski definition) is 1. The Balaban J connectivity index is 2.17.